The van der Waals surface area contributed by atoms with Crippen LogP contribution in [0.1, 0.15) is 40.6 Å². The fourth-order valence-corrected chi connectivity index (χ4v) is 2.20. The van der Waals surface area contributed by atoms with Crippen molar-refractivity contribution in [2.75, 3.05) is 0 Å². The molecule has 0 bridgehead atoms. The predicted molar refractivity (Wildman–Crippen MR) is 58.5 cm³/mol. The van der Waals surface area contributed by atoms with Crippen LogP contribution in [0.4, 0.5) is 4.39 Å². The van der Waals surface area contributed by atoms with Gasteiger partial charge in [-0.3, -0.25) is 4.79 Å². The molecule has 0 amide bonds. The summed E-state index contributed by atoms with van der Waals surface area (Å²) in [6.45, 7) is 0. The van der Waals surface area contributed by atoms with E-state index in [1.165, 1.54) is 4.68 Å². The number of benzene rings is 1. The summed E-state index contributed by atoms with van der Waals surface area (Å²) in [7, 11) is 0. The van der Waals surface area contributed by atoms with Crippen LogP contribution < -0.4 is 0 Å². The van der Waals surface area contributed by atoms with Gasteiger partial charge in [0.25, 0.3) is 0 Å². The van der Waals surface area contributed by atoms with Crippen LogP contribution in [0, 0.1) is 0 Å². The summed E-state index contributed by atoms with van der Waals surface area (Å²) >= 11 is 0. The zero-order valence-corrected chi connectivity index (χ0v) is 8.95. The lowest BCUT2D eigenvalue weighted by molar-refractivity contribution is 0.111. The lowest BCUT2D eigenvalue weighted by Gasteiger charge is -2.10. The molecule has 0 unspecified atom stereocenters. The smallest absolute Gasteiger partial charge is 0.214 e. The Labute approximate surface area is 97.1 Å². The van der Waals surface area contributed by atoms with Crippen LogP contribution in [0.3, 0.4) is 0 Å². The molecule has 1 aliphatic rings. The molecule has 0 saturated carbocycles. The molecule has 1 aromatic heterocycles. The van der Waals surface area contributed by atoms with Crippen LogP contribution in [0.5, 0.6) is 0 Å². The fraction of sp³-hybridized carbons (Fsp3) is 0.250. The maximum absolute atomic E-state index is 13.8. The normalized spacial score (nSPS) is 22.4. The lowest BCUT2D eigenvalue weighted by atomic mass is 10.0. The Bertz CT molecular complexity index is 552. The second kappa shape index (κ2) is 3.76. The molecule has 1 aliphatic heterocycles. The van der Waals surface area contributed by atoms with Gasteiger partial charge in [-0.25, -0.2) is 14.1 Å². The molecular formula is C12H10FN3O. The van der Waals surface area contributed by atoms with Crippen LogP contribution in [-0.4, -0.2) is 21.1 Å². The first-order valence-corrected chi connectivity index (χ1v) is 5.40. The van der Waals surface area contributed by atoms with Gasteiger partial charge in [-0.15, -0.1) is 5.10 Å². The SMILES string of the molecule is O=Cc1nc2n(n1)[C@H](c1ccccc1)C[C@@H]2F. The van der Waals surface area contributed by atoms with Gasteiger partial charge in [-0.1, -0.05) is 30.3 Å². The quantitative estimate of drug-likeness (QED) is 0.743. The van der Waals surface area contributed by atoms with Gasteiger partial charge in [0.1, 0.15) is 0 Å². The average Bonchev–Trinajstić information content (AvgIpc) is 2.91. The lowest BCUT2D eigenvalue weighted by Crippen LogP contribution is -2.07. The minimum atomic E-state index is -1.15. The molecule has 5 heteroatoms. The number of halogens is 1. The Balaban J connectivity index is 2.06. The van der Waals surface area contributed by atoms with Crippen LogP contribution >= 0.6 is 0 Å². The van der Waals surface area contributed by atoms with Crippen molar-refractivity contribution in [1.29, 1.82) is 0 Å². The van der Waals surface area contributed by atoms with Gasteiger partial charge in [0, 0.05) is 6.42 Å². The van der Waals surface area contributed by atoms with E-state index in [-0.39, 0.29) is 17.7 Å². The minimum absolute atomic E-state index is 0.0447. The van der Waals surface area contributed by atoms with Crippen molar-refractivity contribution in [2.45, 2.75) is 18.6 Å². The Morgan fingerprint density at radius 3 is 2.82 bits per heavy atom. The summed E-state index contributed by atoms with van der Waals surface area (Å²) in [6.07, 6.45) is -0.278. The number of hydrogen-bond acceptors (Lipinski definition) is 3. The third-order valence-electron chi connectivity index (χ3n) is 2.97. The molecule has 2 aromatic rings. The number of aromatic nitrogens is 3. The molecule has 17 heavy (non-hydrogen) atoms. The van der Waals surface area contributed by atoms with Gasteiger partial charge in [0.2, 0.25) is 5.82 Å². The van der Waals surface area contributed by atoms with Crippen molar-refractivity contribution in [1.82, 2.24) is 14.8 Å². The first-order valence-electron chi connectivity index (χ1n) is 5.40. The Hall–Kier alpha value is -2.04. The second-order valence-electron chi connectivity index (χ2n) is 4.02. The van der Waals surface area contributed by atoms with E-state index < -0.39 is 6.17 Å². The Morgan fingerprint density at radius 2 is 2.12 bits per heavy atom. The molecule has 0 aliphatic carbocycles. The van der Waals surface area contributed by atoms with Gasteiger partial charge in [-0.05, 0) is 5.56 Å². The van der Waals surface area contributed by atoms with Crippen LogP contribution in [-0.2, 0) is 0 Å². The molecule has 2 heterocycles. The summed E-state index contributed by atoms with van der Waals surface area (Å²) in [6, 6.07) is 9.40. The van der Waals surface area contributed by atoms with Crippen LogP contribution in [0.25, 0.3) is 0 Å². The maximum Gasteiger partial charge on any atom is 0.214 e. The van der Waals surface area contributed by atoms with Crippen molar-refractivity contribution in [3.63, 3.8) is 0 Å². The number of fused-ring (bicyclic) bond motifs is 1. The fourth-order valence-electron chi connectivity index (χ4n) is 2.20. The monoisotopic (exact) mass is 231 g/mol. The zero-order valence-electron chi connectivity index (χ0n) is 8.95. The molecule has 0 N–H and O–H groups in total. The van der Waals surface area contributed by atoms with E-state index in [0.29, 0.717) is 12.7 Å². The molecule has 0 fully saturated rings. The number of aldehydes is 1. The van der Waals surface area contributed by atoms with Crippen molar-refractivity contribution in [3.05, 3.63) is 47.5 Å². The zero-order chi connectivity index (χ0) is 11.8. The number of hydrogen-bond donors (Lipinski definition) is 0. The summed E-state index contributed by atoms with van der Waals surface area (Å²) in [5.74, 6) is 0.296. The summed E-state index contributed by atoms with van der Waals surface area (Å²) in [4.78, 5) is 14.5. The van der Waals surface area contributed by atoms with Crippen molar-refractivity contribution in [2.24, 2.45) is 0 Å². The average molecular weight is 231 g/mol. The van der Waals surface area contributed by atoms with E-state index >= 15 is 0 Å². The highest BCUT2D eigenvalue weighted by molar-refractivity contribution is 5.68. The molecule has 3 rings (SSSR count). The molecule has 0 spiro atoms. The third kappa shape index (κ3) is 1.54. The largest absolute Gasteiger partial charge is 0.294 e. The Kier molecular flexibility index (Phi) is 2.24. The number of rotatable bonds is 2. The van der Waals surface area contributed by atoms with Gasteiger partial charge < -0.3 is 0 Å². The van der Waals surface area contributed by atoms with Gasteiger partial charge in [-0.2, -0.15) is 0 Å². The maximum atomic E-state index is 13.8. The summed E-state index contributed by atoms with van der Waals surface area (Å²) in [5, 5.41) is 4.01. The number of nitrogens with zero attached hydrogens (tertiary/aromatic N) is 3. The number of alkyl halides is 1. The summed E-state index contributed by atoms with van der Waals surface area (Å²) in [5.41, 5.74) is 0.983. The second-order valence-corrected chi connectivity index (χ2v) is 4.02. The standard InChI is InChI=1S/C12H10FN3O/c13-9-6-10(8-4-2-1-3-5-8)16-12(9)14-11(7-17)15-16/h1-5,7,9-10H,6H2/t9-,10-/m0/s1. The van der Waals surface area contributed by atoms with E-state index in [1.54, 1.807) is 0 Å². The first-order chi connectivity index (χ1) is 8.29. The van der Waals surface area contributed by atoms with Crippen molar-refractivity contribution < 1.29 is 9.18 Å². The molecule has 86 valence electrons. The first kappa shape index (κ1) is 10.1. The number of carbonyl (C=O) groups excluding carboxylic acids is 1. The van der Waals surface area contributed by atoms with Gasteiger partial charge >= 0.3 is 0 Å². The molecule has 2 atom stereocenters. The minimum Gasteiger partial charge on any atom is -0.294 e. The van der Waals surface area contributed by atoms with Gasteiger partial charge in [0.15, 0.2) is 18.3 Å². The van der Waals surface area contributed by atoms with E-state index in [2.05, 4.69) is 10.1 Å². The molecule has 1 aromatic carbocycles. The molecule has 0 radical (unpaired) electrons. The Morgan fingerprint density at radius 1 is 1.35 bits per heavy atom. The highest BCUT2D eigenvalue weighted by atomic mass is 19.1. The van der Waals surface area contributed by atoms with E-state index in [0.717, 1.165) is 5.56 Å². The van der Waals surface area contributed by atoms with Crippen molar-refractivity contribution in [3.8, 4) is 0 Å². The highest BCUT2D eigenvalue weighted by Gasteiger charge is 2.35. The van der Waals surface area contributed by atoms with Crippen molar-refractivity contribution >= 4 is 6.29 Å². The topological polar surface area (TPSA) is 47.8 Å². The summed E-state index contributed by atoms with van der Waals surface area (Å²) < 4.78 is 15.3. The van der Waals surface area contributed by atoms with E-state index in [1.807, 2.05) is 30.3 Å². The van der Waals surface area contributed by atoms with E-state index in [9.17, 15) is 9.18 Å². The van der Waals surface area contributed by atoms with Crippen LogP contribution in [0.2, 0.25) is 0 Å². The number of carbonyl (C=O) groups is 1. The molecule has 4 nitrogen and oxygen atoms in total. The van der Waals surface area contributed by atoms with E-state index in [4.69, 9.17) is 0 Å². The molecule has 0 saturated heterocycles. The molecular weight excluding hydrogens is 221 g/mol. The third-order valence-corrected chi connectivity index (χ3v) is 2.97. The highest BCUT2D eigenvalue weighted by Crippen LogP contribution is 2.38. The van der Waals surface area contributed by atoms with Gasteiger partial charge in [0.05, 0.1) is 6.04 Å². The predicted octanol–water partition coefficient (Wildman–Crippen LogP) is 2.09. The van der Waals surface area contributed by atoms with Crippen LogP contribution in [0.15, 0.2) is 30.3 Å².